The lowest BCUT2D eigenvalue weighted by molar-refractivity contribution is -0.148. The van der Waals surface area contributed by atoms with Gasteiger partial charge in [-0.25, -0.2) is 0 Å². The van der Waals surface area contributed by atoms with Crippen LogP contribution < -0.4 is 14.7 Å². The number of rotatable bonds is 14. The van der Waals surface area contributed by atoms with Crippen LogP contribution in [-0.2, 0) is 19.1 Å². The summed E-state index contributed by atoms with van der Waals surface area (Å²) in [5, 5.41) is 10.9. The van der Waals surface area contributed by atoms with E-state index in [1.807, 2.05) is 91.9 Å². The molecule has 2 bridgehead atoms. The van der Waals surface area contributed by atoms with Crippen molar-refractivity contribution in [3.63, 3.8) is 0 Å². The summed E-state index contributed by atoms with van der Waals surface area (Å²) < 4.78 is 6.98. The minimum Gasteiger partial charge on any atom is -0.394 e. The molecule has 3 heterocycles. The fourth-order valence-corrected chi connectivity index (χ4v) is 8.64. The Balaban J connectivity index is 1.47. The number of carbonyl (C=O) groups is 3. The largest absolute Gasteiger partial charge is 0.394 e. The molecule has 0 aliphatic carbocycles. The number of fused-ring (bicyclic) bond motifs is 1. The van der Waals surface area contributed by atoms with Crippen molar-refractivity contribution in [1.29, 1.82) is 0 Å². The van der Waals surface area contributed by atoms with Crippen molar-refractivity contribution in [3.8, 4) is 0 Å². The van der Waals surface area contributed by atoms with Crippen molar-refractivity contribution < 1.29 is 24.2 Å². The first kappa shape index (κ1) is 35.1. The van der Waals surface area contributed by atoms with Crippen molar-refractivity contribution in [2.24, 2.45) is 11.8 Å². The number of ether oxygens (including phenoxy) is 1. The highest BCUT2D eigenvalue weighted by Gasteiger charge is 2.79. The topological polar surface area (TPSA) is 93.6 Å². The first-order valence-corrected chi connectivity index (χ1v) is 17.6. The predicted molar refractivity (Wildman–Crippen MR) is 197 cm³/mol. The Kier molecular flexibility index (Phi) is 10.0. The van der Waals surface area contributed by atoms with Gasteiger partial charge >= 0.3 is 0 Å². The number of aliphatic hydroxyl groups is 1. The lowest BCUT2D eigenvalue weighted by atomic mass is 9.66. The molecule has 3 aromatic rings. The molecule has 3 amide bonds. The summed E-state index contributed by atoms with van der Waals surface area (Å²) in [4.78, 5) is 52.1. The normalized spacial score (nSPS) is 25.6. The monoisotopic (exact) mass is 676 g/mol. The number of anilines is 3. The van der Waals surface area contributed by atoms with Crippen molar-refractivity contribution in [2.45, 2.75) is 56.9 Å². The molecule has 3 saturated heterocycles. The second-order valence-electron chi connectivity index (χ2n) is 13.6. The first-order chi connectivity index (χ1) is 24.2. The molecule has 9 heteroatoms. The Morgan fingerprint density at radius 3 is 1.96 bits per heavy atom. The molecule has 0 radical (unpaired) electrons. The van der Waals surface area contributed by atoms with Crippen LogP contribution in [0.25, 0.3) is 0 Å². The molecule has 9 nitrogen and oxygen atoms in total. The molecule has 0 saturated carbocycles. The van der Waals surface area contributed by atoms with Crippen LogP contribution in [0.2, 0.25) is 0 Å². The van der Waals surface area contributed by atoms with Gasteiger partial charge in [0, 0.05) is 43.2 Å². The van der Waals surface area contributed by atoms with E-state index in [1.54, 1.807) is 22.0 Å². The summed E-state index contributed by atoms with van der Waals surface area (Å²) in [5.41, 5.74) is 0.814. The van der Waals surface area contributed by atoms with E-state index in [1.165, 1.54) is 4.90 Å². The summed E-state index contributed by atoms with van der Waals surface area (Å²) in [6.45, 7) is 15.7. The Morgan fingerprint density at radius 1 is 0.860 bits per heavy atom. The number of aliphatic hydroxyl groups excluding tert-OH is 1. The van der Waals surface area contributed by atoms with Gasteiger partial charge in [0.1, 0.15) is 11.6 Å². The van der Waals surface area contributed by atoms with Gasteiger partial charge in [0.15, 0.2) is 0 Å². The molecule has 3 aromatic carbocycles. The molecule has 1 spiro atoms. The molecule has 2 unspecified atom stereocenters. The van der Waals surface area contributed by atoms with Crippen LogP contribution in [0.15, 0.2) is 110 Å². The summed E-state index contributed by atoms with van der Waals surface area (Å²) in [6.07, 6.45) is 4.25. The van der Waals surface area contributed by atoms with Crippen LogP contribution in [0, 0.1) is 11.8 Å². The number of likely N-dealkylation sites (tertiary alicyclic amines) is 1. The van der Waals surface area contributed by atoms with Gasteiger partial charge < -0.3 is 29.4 Å². The zero-order chi connectivity index (χ0) is 35.6. The molecule has 6 rings (SSSR count). The molecule has 0 aromatic heterocycles. The van der Waals surface area contributed by atoms with E-state index in [0.717, 1.165) is 18.8 Å². The SMILES string of the molecule is C=CCN(C(=O)C1N([C@H](CO)c2ccccc2)C(=O)[C@@H]2[C@H](C(=O)N(CC=C)c3ccccc3)[C@]3(C)CCC12O3)c1ccc(N(CC)CC)cc1. The minimum absolute atomic E-state index is 0.193. The second kappa shape index (κ2) is 14.2. The van der Waals surface area contributed by atoms with E-state index in [-0.39, 0.29) is 30.8 Å². The molecular formula is C41H48N4O5. The Morgan fingerprint density at radius 2 is 1.40 bits per heavy atom. The lowest BCUT2D eigenvalue weighted by Crippen LogP contribution is -2.57. The van der Waals surface area contributed by atoms with Crippen LogP contribution in [0.4, 0.5) is 17.1 Å². The average molecular weight is 677 g/mol. The van der Waals surface area contributed by atoms with Gasteiger partial charge in [0.05, 0.1) is 30.1 Å². The number of nitrogens with zero attached hydrogens (tertiary/aromatic N) is 4. The van der Waals surface area contributed by atoms with Crippen LogP contribution >= 0.6 is 0 Å². The standard InChI is InChI=1S/C41H48N4O5/c1-6-26-43(31-18-14-11-15-19-31)37(47)34-35-38(48)45(33(28-46)29-16-12-10-13-17-29)36(41(35)25-24-40(34,5)50-41)39(49)44(27-7-2)32-22-20-30(21-23-32)42(8-3)9-4/h6-7,10-23,33-36,46H,1-2,8-9,24-28H2,3-5H3/t33-,34-,35+,36?,40+,41?/m1/s1. The van der Waals surface area contributed by atoms with Crippen molar-refractivity contribution in [1.82, 2.24) is 4.90 Å². The van der Waals surface area contributed by atoms with Gasteiger partial charge in [-0.15, -0.1) is 13.2 Å². The Bertz CT molecular complexity index is 1710. The number of hydrogen-bond acceptors (Lipinski definition) is 6. The van der Waals surface area contributed by atoms with E-state index in [4.69, 9.17) is 4.74 Å². The van der Waals surface area contributed by atoms with Gasteiger partial charge in [-0.3, -0.25) is 14.4 Å². The second-order valence-corrected chi connectivity index (χ2v) is 13.6. The molecule has 3 aliphatic rings. The maximum atomic E-state index is 15.2. The fraction of sp³-hybridized carbons (Fsp3) is 0.390. The summed E-state index contributed by atoms with van der Waals surface area (Å²) in [5.74, 6) is -2.75. The van der Waals surface area contributed by atoms with E-state index >= 15 is 9.59 Å². The van der Waals surface area contributed by atoms with Gasteiger partial charge in [0.25, 0.3) is 5.91 Å². The molecule has 3 fully saturated rings. The van der Waals surface area contributed by atoms with Crippen molar-refractivity contribution in [3.05, 3.63) is 116 Å². The Hall–Kier alpha value is -4.73. The summed E-state index contributed by atoms with van der Waals surface area (Å²) in [6, 6.07) is 24.5. The van der Waals surface area contributed by atoms with Crippen molar-refractivity contribution >= 4 is 34.8 Å². The average Bonchev–Trinajstić information content (AvgIpc) is 3.71. The predicted octanol–water partition coefficient (Wildman–Crippen LogP) is 5.77. The fourth-order valence-electron chi connectivity index (χ4n) is 8.64. The number of hydrogen-bond donors (Lipinski definition) is 1. The first-order valence-electron chi connectivity index (χ1n) is 17.6. The molecule has 262 valence electrons. The van der Waals surface area contributed by atoms with Crippen LogP contribution in [0.1, 0.15) is 45.2 Å². The smallest absolute Gasteiger partial charge is 0.253 e. The molecule has 1 N–H and O–H groups in total. The maximum absolute atomic E-state index is 15.2. The van der Waals surface area contributed by atoms with Gasteiger partial charge in [-0.1, -0.05) is 60.7 Å². The third kappa shape index (κ3) is 5.72. The number of benzene rings is 3. The number of amides is 3. The van der Waals surface area contributed by atoms with E-state index in [9.17, 15) is 9.90 Å². The van der Waals surface area contributed by atoms with Gasteiger partial charge in [0.2, 0.25) is 11.8 Å². The molecule has 6 atom stereocenters. The minimum atomic E-state index is -1.29. The molecule has 3 aliphatic heterocycles. The van der Waals surface area contributed by atoms with Gasteiger partial charge in [-0.05, 0) is 75.6 Å². The highest BCUT2D eigenvalue weighted by Crippen LogP contribution is 2.64. The molecule has 50 heavy (non-hydrogen) atoms. The van der Waals surface area contributed by atoms with Crippen LogP contribution in [-0.4, -0.2) is 77.8 Å². The van der Waals surface area contributed by atoms with E-state index in [2.05, 4.69) is 31.9 Å². The Labute approximate surface area is 295 Å². The van der Waals surface area contributed by atoms with E-state index in [0.29, 0.717) is 29.8 Å². The highest BCUT2D eigenvalue weighted by atomic mass is 16.5. The third-order valence-corrected chi connectivity index (χ3v) is 10.9. The van der Waals surface area contributed by atoms with Crippen LogP contribution in [0.5, 0.6) is 0 Å². The number of carbonyl (C=O) groups excluding carboxylic acids is 3. The third-order valence-electron chi connectivity index (χ3n) is 10.9. The summed E-state index contributed by atoms with van der Waals surface area (Å²) >= 11 is 0. The van der Waals surface area contributed by atoms with Crippen LogP contribution in [0.3, 0.4) is 0 Å². The maximum Gasteiger partial charge on any atom is 0.253 e. The van der Waals surface area contributed by atoms with Crippen molar-refractivity contribution in [2.75, 3.05) is 47.5 Å². The highest BCUT2D eigenvalue weighted by molar-refractivity contribution is 6.07. The molecular weight excluding hydrogens is 628 g/mol. The summed E-state index contributed by atoms with van der Waals surface area (Å²) in [7, 11) is 0. The quantitative estimate of drug-likeness (QED) is 0.218. The number of para-hydroxylation sites is 1. The zero-order valence-corrected chi connectivity index (χ0v) is 29.3. The van der Waals surface area contributed by atoms with E-state index < -0.39 is 41.7 Å². The lowest BCUT2D eigenvalue weighted by Gasteiger charge is -2.39. The zero-order valence-electron chi connectivity index (χ0n) is 29.3. The van der Waals surface area contributed by atoms with Gasteiger partial charge in [-0.2, -0.15) is 0 Å².